The molecule has 5 rings (SSSR count). The number of nitriles is 1. The molecule has 3 saturated heterocycles. The van der Waals surface area contributed by atoms with Gasteiger partial charge in [0.25, 0.3) is 0 Å². The fraction of sp³-hybridized carbons (Fsp3) is 0.680. The molecule has 3 aliphatic heterocycles. The van der Waals surface area contributed by atoms with Gasteiger partial charge in [0.1, 0.15) is 5.82 Å². The number of Topliss-reactive ketones (excluding diaryl/α,β-unsaturated/α-hetero) is 1. The number of carbonyl (C=O) groups is 1. The largest absolute Gasteiger partial charge is 0.370 e. The Labute approximate surface area is 184 Å². The van der Waals surface area contributed by atoms with Crippen LogP contribution in [0, 0.1) is 29.0 Å². The predicted molar refractivity (Wildman–Crippen MR) is 118 cm³/mol. The molecule has 5 atom stereocenters. The highest BCUT2D eigenvalue weighted by Crippen LogP contribution is 2.36. The quantitative estimate of drug-likeness (QED) is 0.760. The number of hydrogen-bond donors (Lipinski definition) is 1. The molecule has 1 saturated carbocycles. The highest BCUT2D eigenvalue weighted by Gasteiger charge is 2.42. The van der Waals surface area contributed by atoms with E-state index in [2.05, 4.69) is 21.2 Å². The molecule has 166 valence electrons. The van der Waals surface area contributed by atoms with Crippen molar-refractivity contribution in [1.82, 2.24) is 10.2 Å². The van der Waals surface area contributed by atoms with E-state index in [0.29, 0.717) is 30.0 Å². The number of anilines is 1. The maximum atomic E-state index is 15.0. The van der Waals surface area contributed by atoms with Crippen LogP contribution in [0.2, 0.25) is 0 Å². The van der Waals surface area contributed by atoms with E-state index in [0.717, 1.165) is 51.0 Å². The van der Waals surface area contributed by atoms with Gasteiger partial charge in [-0.3, -0.25) is 9.69 Å². The molecular weight excluding hydrogens is 391 g/mol. The number of hydrogen-bond acceptors (Lipinski definition) is 5. The smallest absolute Gasteiger partial charge is 0.151 e. The summed E-state index contributed by atoms with van der Waals surface area (Å²) in [6, 6.07) is 8.67. The van der Waals surface area contributed by atoms with Crippen LogP contribution in [0.4, 0.5) is 10.1 Å². The third-order valence-electron chi connectivity index (χ3n) is 8.01. The van der Waals surface area contributed by atoms with Crippen molar-refractivity contribution in [2.24, 2.45) is 11.8 Å². The second kappa shape index (κ2) is 8.88. The first-order chi connectivity index (χ1) is 15.1. The number of nitrogens with zero attached hydrogens (tertiary/aromatic N) is 3. The Bertz CT molecular complexity index is 868. The fourth-order valence-corrected chi connectivity index (χ4v) is 6.35. The van der Waals surface area contributed by atoms with Gasteiger partial charge in [-0.1, -0.05) is 6.07 Å². The summed E-state index contributed by atoms with van der Waals surface area (Å²) in [6.07, 6.45) is 7.45. The van der Waals surface area contributed by atoms with E-state index in [1.165, 1.54) is 19.4 Å². The van der Waals surface area contributed by atoms with Gasteiger partial charge in [-0.05, 0) is 75.1 Å². The van der Waals surface area contributed by atoms with Gasteiger partial charge in [0.05, 0.1) is 18.0 Å². The average molecular weight is 425 g/mol. The molecular formula is C25H33FN4O. The van der Waals surface area contributed by atoms with E-state index in [1.54, 1.807) is 6.07 Å². The van der Waals surface area contributed by atoms with Crippen molar-refractivity contribution in [3.05, 3.63) is 29.6 Å². The van der Waals surface area contributed by atoms with Crippen LogP contribution in [0.15, 0.2) is 18.2 Å². The first kappa shape index (κ1) is 20.9. The summed E-state index contributed by atoms with van der Waals surface area (Å²) in [4.78, 5) is 17.6. The molecule has 2 bridgehead atoms. The molecule has 0 amide bonds. The minimum Gasteiger partial charge on any atom is -0.370 e. The van der Waals surface area contributed by atoms with E-state index < -0.39 is 5.92 Å². The summed E-state index contributed by atoms with van der Waals surface area (Å²) in [5.74, 6) is -0.173. The Morgan fingerprint density at radius 1 is 1.23 bits per heavy atom. The van der Waals surface area contributed by atoms with Gasteiger partial charge in [-0.2, -0.15) is 5.26 Å². The van der Waals surface area contributed by atoms with Crippen LogP contribution in [0.25, 0.3) is 0 Å². The zero-order chi connectivity index (χ0) is 21.4. The van der Waals surface area contributed by atoms with E-state index in [-0.39, 0.29) is 24.1 Å². The van der Waals surface area contributed by atoms with Crippen LogP contribution in [0.5, 0.6) is 0 Å². The molecule has 0 aromatic heterocycles. The lowest BCUT2D eigenvalue weighted by Gasteiger charge is -2.27. The second-order valence-electron chi connectivity index (χ2n) is 10.0. The van der Waals surface area contributed by atoms with Crippen LogP contribution in [-0.4, -0.2) is 55.0 Å². The summed E-state index contributed by atoms with van der Waals surface area (Å²) < 4.78 is 15.0. The monoisotopic (exact) mass is 424 g/mol. The highest BCUT2D eigenvalue weighted by atomic mass is 19.1. The molecule has 4 aliphatic rings. The van der Waals surface area contributed by atoms with Crippen LogP contribution in [0.1, 0.15) is 50.5 Å². The SMILES string of the molecule is N#C[C@@H](CC(=O)[C@H]1N[C@@H]2CC[C@H]1C2)Cc1ccc(N2CCCN3CCCC3C2)cc1F. The average Bonchev–Trinajstić information content (AvgIpc) is 3.49. The summed E-state index contributed by atoms with van der Waals surface area (Å²) in [6.45, 7) is 4.25. The number of halogens is 1. The van der Waals surface area contributed by atoms with Gasteiger partial charge in [-0.15, -0.1) is 0 Å². The highest BCUT2D eigenvalue weighted by molar-refractivity contribution is 5.85. The van der Waals surface area contributed by atoms with Gasteiger partial charge < -0.3 is 10.2 Å². The zero-order valence-corrected chi connectivity index (χ0v) is 18.2. The number of nitrogens with one attached hydrogen (secondary N) is 1. The van der Waals surface area contributed by atoms with E-state index >= 15 is 0 Å². The van der Waals surface area contributed by atoms with Crippen molar-refractivity contribution in [3.63, 3.8) is 0 Å². The van der Waals surface area contributed by atoms with Crippen molar-refractivity contribution < 1.29 is 9.18 Å². The van der Waals surface area contributed by atoms with Crippen molar-refractivity contribution >= 4 is 11.5 Å². The number of rotatable bonds is 6. The Hall–Kier alpha value is -1.97. The lowest BCUT2D eigenvalue weighted by atomic mass is 9.88. The van der Waals surface area contributed by atoms with Gasteiger partial charge in [0.15, 0.2) is 5.78 Å². The topological polar surface area (TPSA) is 59.4 Å². The maximum absolute atomic E-state index is 15.0. The molecule has 4 fully saturated rings. The minimum atomic E-state index is -0.473. The van der Waals surface area contributed by atoms with Crippen molar-refractivity contribution in [3.8, 4) is 6.07 Å². The first-order valence-corrected chi connectivity index (χ1v) is 12.1. The van der Waals surface area contributed by atoms with E-state index in [1.807, 2.05) is 12.1 Å². The molecule has 6 heteroatoms. The van der Waals surface area contributed by atoms with Crippen LogP contribution in [-0.2, 0) is 11.2 Å². The molecule has 0 spiro atoms. The van der Waals surface area contributed by atoms with Crippen molar-refractivity contribution in [2.45, 2.75) is 69.5 Å². The van der Waals surface area contributed by atoms with Gasteiger partial charge >= 0.3 is 0 Å². The van der Waals surface area contributed by atoms with Gasteiger partial charge in [-0.25, -0.2) is 4.39 Å². The maximum Gasteiger partial charge on any atom is 0.151 e. The molecule has 1 aliphatic carbocycles. The number of fused-ring (bicyclic) bond motifs is 3. The Balaban J connectivity index is 1.22. The number of benzene rings is 1. The van der Waals surface area contributed by atoms with E-state index in [4.69, 9.17) is 0 Å². The fourth-order valence-electron chi connectivity index (χ4n) is 6.35. The Morgan fingerprint density at radius 2 is 2.10 bits per heavy atom. The van der Waals surface area contributed by atoms with Gasteiger partial charge in [0, 0.05) is 43.8 Å². The summed E-state index contributed by atoms with van der Waals surface area (Å²) in [7, 11) is 0. The molecule has 5 nitrogen and oxygen atoms in total. The first-order valence-electron chi connectivity index (χ1n) is 12.1. The molecule has 1 N–H and O–H groups in total. The number of piperidine rings is 1. The van der Waals surface area contributed by atoms with Crippen molar-refractivity contribution in [1.29, 1.82) is 5.26 Å². The summed E-state index contributed by atoms with van der Waals surface area (Å²) >= 11 is 0. The van der Waals surface area contributed by atoms with Crippen LogP contribution in [0.3, 0.4) is 0 Å². The van der Waals surface area contributed by atoms with Gasteiger partial charge in [0.2, 0.25) is 0 Å². The standard InChI is InChI=1S/C25H33FN4O/c26-23-14-21(30-10-2-9-29-8-1-3-22(29)16-30)7-5-18(23)11-17(15-27)12-24(31)25-19-4-6-20(13-19)28-25/h5,7,14,17,19-20,22,25,28H,1-4,6,8-13,16H2/t17-,19+,20-,22?,25+/m1/s1. The normalized spacial score (nSPS) is 31.3. The minimum absolute atomic E-state index is 0.0972. The summed E-state index contributed by atoms with van der Waals surface area (Å²) in [5, 5.41) is 13.0. The molecule has 31 heavy (non-hydrogen) atoms. The third-order valence-corrected chi connectivity index (χ3v) is 8.01. The van der Waals surface area contributed by atoms with Crippen molar-refractivity contribution in [2.75, 3.05) is 31.1 Å². The van der Waals surface area contributed by atoms with Crippen LogP contribution >= 0.6 is 0 Å². The van der Waals surface area contributed by atoms with Crippen LogP contribution < -0.4 is 10.2 Å². The molecule has 1 aromatic rings. The predicted octanol–water partition coefficient (Wildman–Crippen LogP) is 3.28. The Morgan fingerprint density at radius 3 is 2.84 bits per heavy atom. The molecule has 3 heterocycles. The number of carbonyl (C=O) groups excluding carboxylic acids is 1. The Kier molecular flexibility index (Phi) is 5.99. The lowest BCUT2D eigenvalue weighted by Crippen LogP contribution is -2.42. The molecule has 1 unspecified atom stereocenters. The third kappa shape index (κ3) is 4.36. The zero-order valence-electron chi connectivity index (χ0n) is 18.2. The second-order valence-corrected chi connectivity index (χ2v) is 10.0. The summed E-state index contributed by atoms with van der Waals surface area (Å²) in [5.41, 5.74) is 1.48. The van der Waals surface area contributed by atoms with E-state index in [9.17, 15) is 14.4 Å². The molecule has 0 radical (unpaired) electrons. The lowest BCUT2D eigenvalue weighted by molar-refractivity contribution is -0.122. The molecule has 1 aromatic carbocycles. The number of ketones is 1.